The molecule has 7 heteroatoms. The highest BCUT2D eigenvalue weighted by molar-refractivity contribution is 5.50. The fourth-order valence-corrected chi connectivity index (χ4v) is 2.73. The van der Waals surface area contributed by atoms with Crippen LogP contribution in [0.3, 0.4) is 0 Å². The molecule has 0 spiro atoms. The third-order valence-corrected chi connectivity index (χ3v) is 3.97. The SMILES string of the molecule is CCN(CC)c1ccc(CNc2cc(C)nc3ncnn23)cc1F. The van der Waals surface area contributed by atoms with Crippen molar-refractivity contribution in [2.75, 3.05) is 23.3 Å². The zero-order chi connectivity index (χ0) is 17.1. The van der Waals surface area contributed by atoms with Crippen LogP contribution in [0.25, 0.3) is 5.78 Å². The highest BCUT2D eigenvalue weighted by Crippen LogP contribution is 2.21. The summed E-state index contributed by atoms with van der Waals surface area (Å²) in [5, 5.41) is 7.42. The molecule has 3 aromatic rings. The van der Waals surface area contributed by atoms with Gasteiger partial charge in [0.05, 0.1) is 5.69 Å². The summed E-state index contributed by atoms with van der Waals surface area (Å²) >= 11 is 0. The fourth-order valence-electron chi connectivity index (χ4n) is 2.73. The number of rotatable bonds is 6. The van der Waals surface area contributed by atoms with Gasteiger partial charge in [0, 0.05) is 31.4 Å². The van der Waals surface area contributed by atoms with E-state index < -0.39 is 0 Å². The van der Waals surface area contributed by atoms with Crippen LogP contribution < -0.4 is 10.2 Å². The van der Waals surface area contributed by atoms with Gasteiger partial charge in [0.15, 0.2) is 0 Å². The first kappa shape index (κ1) is 16.2. The van der Waals surface area contributed by atoms with Crippen LogP contribution in [-0.2, 0) is 6.54 Å². The number of hydrogen-bond donors (Lipinski definition) is 1. The van der Waals surface area contributed by atoms with Crippen LogP contribution in [0.1, 0.15) is 25.1 Å². The molecule has 0 saturated carbocycles. The molecule has 0 aliphatic rings. The molecular weight excluding hydrogens is 307 g/mol. The van der Waals surface area contributed by atoms with Crippen LogP contribution in [0, 0.1) is 12.7 Å². The number of aromatic nitrogens is 4. The minimum atomic E-state index is -0.199. The first-order valence-electron chi connectivity index (χ1n) is 8.07. The number of anilines is 2. The van der Waals surface area contributed by atoms with Crippen molar-refractivity contribution in [1.29, 1.82) is 0 Å². The van der Waals surface area contributed by atoms with E-state index in [9.17, 15) is 4.39 Å². The van der Waals surface area contributed by atoms with Crippen molar-refractivity contribution in [3.05, 3.63) is 47.7 Å². The van der Waals surface area contributed by atoms with Gasteiger partial charge in [0.1, 0.15) is 18.0 Å². The smallest absolute Gasteiger partial charge is 0.254 e. The van der Waals surface area contributed by atoms with Crippen LogP contribution in [0.4, 0.5) is 15.9 Å². The summed E-state index contributed by atoms with van der Waals surface area (Å²) in [4.78, 5) is 10.4. The van der Waals surface area contributed by atoms with Crippen molar-refractivity contribution in [2.24, 2.45) is 0 Å². The second-order valence-electron chi connectivity index (χ2n) is 5.57. The summed E-state index contributed by atoms with van der Waals surface area (Å²) < 4.78 is 16.0. The lowest BCUT2D eigenvalue weighted by atomic mass is 10.1. The van der Waals surface area contributed by atoms with E-state index in [1.165, 1.54) is 6.33 Å². The van der Waals surface area contributed by atoms with Crippen LogP contribution in [0.5, 0.6) is 0 Å². The zero-order valence-electron chi connectivity index (χ0n) is 14.1. The second kappa shape index (κ2) is 6.82. The Bertz CT molecular complexity index is 840. The van der Waals surface area contributed by atoms with Gasteiger partial charge in [0.2, 0.25) is 0 Å². The summed E-state index contributed by atoms with van der Waals surface area (Å²) in [5.41, 5.74) is 2.36. The van der Waals surface area contributed by atoms with Crippen molar-refractivity contribution in [2.45, 2.75) is 27.3 Å². The fraction of sp³-hybridized carbons (Fsp3) is 0.353. The summed E-state index contributed by atoms with van der Waals surface area (Å²) in [6, 6.07) is 7.24. The number of hydrogen-bond acceptors (Lipinski definition) is 5. The number of halogens is 1. The standard InChI is InChI=1S/C17H21FN6/c1-4-23(5-2)15-7-6-13(9-14(15)18)10-19-16-8-12(3)22-17-20-11-21-24(16)17/h6-9,11,19H,4-5,10H2,1-3H3. The molecule has 0 atom stereocenters. The minimum absolute atomic E-state index is 0.199. The van der Waals surface area contributed by atoms with E-state index in [0.717, 1.165) is 30.2 Å². The predicted molar refractivity (Wildman–Crippen MR) is 92.8 cm³/mol. The molecule has 0 aliphatic heterocycles. The second-order valence-corrected chi connectivity index (χ2v) is 5.57. The van der Waals surface area contributed by atoms with Gasteiger partial charge < -0.3 is 10.2 Å². The van der Waals surface area contributed by atoms with Crippen molar-refractivity contribution in [1.82, 2.24) is 19.6 Å². The van der Waals surface area contributed by atoms with Gasteiger partial charge in [0.25, 0.3) is 5.78 Å². The van der Waals surface area contributed by atoms with Crippen LogP contribution >= 0.6 is 0 Å². The predicted octanol–water partition coefficient (Wildman–Crippen LogP) is 3.03. The molecule has 1 N–H and O–H groups in total. The first-order valence-corrected chi connectivity index (χ1v) is 8.07. The third-order valence-electron chi connectivity index (χ3n) is 3.97. The number of nitrogens with one attached hydrogen (secondary N) is 1. The number of nitrogens with zero attached hydrogens (tertiary/aromatic N) is 5. The minimum Gasteiger partial charge on any atom is -0.370 e. The lowest BCUT2D eigenvalue weighted by Crippen LogP contribution is -2.23. The molecular formula is C17H21FN6. The molecule has 3 rings (SSSR count). The van der Waals surface area contributed by atoms with Crippen molar-refractivity contribution in [3.8, 4) is 0 Å². The Hall–Kier alpha value is -2.70. The normalized spacial score (nSPS) is 11.0. The van der Waals surface area contributed by atoms with Crippen LogP contribution in [-0.4, -0.2) is 32.7 Å². The number of aryl methyl sites for hydroxylation is 1. The molecule has 0 saturated heterocycles. The number of fused-ring (bicyclic) bond motifs is 1. The number of benzene rings is 1. The van der Waals surface area contributed by atoms with Crippen LogP contribution in [0.15, 0.2) is 30.6 Å². The van der Waals surface area contributed by atoms with Gasteiger partial charge in [-0.25, -0.2) is 9.37 Å². The first-order chi connectivity index (χ1) is 11.6. The lowest BCUT2D eigenvalue weighted by Gasteiger charge is -2.22. The Balaban J connectivity index is 1.79. The largest absolute Gasteiger partial charge is 0.370 e. The Labute approximate surface area is 140 Å². The molecule has 2 heterocycles. The Morgan fingerprint density at radius 1 is 1.21 bits per heavy atom. The maximum Gasteiger partial charge on any atom is 0.254 e. The van der Waals surface area contributed by atoms with Crippen molar-refractivity contribution < 1.29 is 4.39 Å². The van der Waals surface area contributed by atoms with E-state index in [4.69, 9.17) is 0 Å². The summed E-state index contributed by atoms with van der Waals surface area (Å²) in [6.45, 7) is 8.00. The molecule has 24 heavy (non-hydrogen) atoms. The molecule has 126 valence electrons. The molecule has 0 unspecified atom stereocenters. The highest BCUT2D eigenvalue weighted by Gasteiger charge is 2.10. The van der Waals surface area contributed by atoms with Crippen molar-refractivity contribution in [3.63, 3.8) is 0 Å². The quantitative estimate of drug-likeness (QED) is 0.754. The van der Waals surface area contributed by atoms with E-state index in [1.54, 1.807) is 10.6 Å². The monoisotopic (exact) mass is 328 g/mol. The van der Waals surface area contributed by atoms with E-state index in [1.807, 2.05) is 43.9 Å². The maximum absolute atomic E-state index is 14.4. The highest BCUT2D eigenvalue weighted by atomic mass is 19.1. The Morgan fingerprint density at radius 3 is 2.71 bits per heavy atom. The molecule has 0 bridgehead atoms. The third kappa shape index (κ3) is 3.15. The summed E-state index contributed by atoms with van der Waals surface area (Å²) in [7, 11) is 0. The molecule has 0 aliphatic carbocycles. The maximum atomic E-state index is 14.4. The average Bonchev–Trinajstić information content (AvgIpc) is 3.03. The molecule has 0 fully saturated rings. The van der Waals surface area contributed by atoms with E-state index in [-0.39, 0.29) is 5.82 Å². The summed E-state index contributed by atoms with van der Waals surface area (Å²) in [5.74, 6) is 1.12. The van der Waals surface area contributed by atoms with Gasteiger partial charge in [-0.05, 0) is 38.5 Å². The van der Waals surface area contributed by atoms with Gasteiger partial charge in [-0.3, -0.25) is 0 Å². The van der Waals surface area contributed by atoms with Crippen molar-refractivity contribution >= 4 is 17.3 Å². The molecule has 0 radical (unpaired) electrons. The summed E-state index contributed by atoms with van der Waals surface area (Å²) in [6.07, 6.45) is 1.46. The Kier molecular flexibility index (Phi) is 4.59. The lowest BCUT2D eigenvalue weighted by molar-refractivity contribution is 0.618. The van der Waals surface area contributed by atoms with Crippen LogP contribution in [0.2, 0.25) is 0 Å². The van der Waals surface area contributed by atoms with E-state index in [0.29, 0.717) is 18.0 Å². The van der Waals surface area contributed by atoms with Gasteiger partial charge >= 0.3 is 0 Å². The van der Waals surface area contributed by atoms with Gasteiger partial charge in [-0.2, -0.15) is 14.6 Å². The van der Waals surface area contributed by atoms with Gasteiger partial charge in [-0.1, -0.05) is 6.07 Å². The van der Waals surface area contributed by atoms with E-state index in [2.05, 4.69) is 20.4 Å². The Morgan fingerprint density at radius 2 is 2.00 bits per heavy atom. The molecule has 1 aromatic carbocycles. The van der Waals surface area contributed by atoms with Gasteiger partial charge in [-0.15, -0.1) is 0 Å². The molecule has 0 amide bonds. The molecule has 6 nitrogen and oxygen atoms in total. The zero-order valence-corrected chi connectivity index (χ0v) is 14.1. The van der Waals surface area contributed by atoms with E-state index >= 15 is 0 Å². The molecule has 2 aromatic heterocycles. The average molecular weight is 328 g/mol. The topological polar surface area (TPSA) is 58.3 Å².